The van der Waals surface area contributed by atoms with Crippen LogP contribution in [0.25, 0.3) is 22.2 Å². The maximum atomic E-state index is 12.4. The van der Waals surface area contributed by atoms with Crippen molar-refractivity contribution in [3.05, 3.63) is 60.7 Å². The van der Waals surface area contributed by atoms with Gasteiger partial charge in [-0.25, -0.2) is 0 Å². The summed E-state index contributed by atoms with van der Waals surface area (Å²) in [5.74, 6) is 1.52. The van der Waals surface area contributed by atoms with Crippen LogP contribution in [0.4, 0.5) is 5.69 Å². The van der Waals surface area contributed by atoms with Crippen molar-refractivity contribution in [3.63, 3.8) is 0 Å². The first-order valence-electron chi connectivity index (χ1n) is 9.14. The van der Waals surface area contributed by atoms with Gasteiger partial charge < -0.3 is 19.2 Å². The van der Waals surface area contributed by atoms with Crippen LogP contribution in [0.15, 0.2) is 70.3 Å². The van der Waals surface area contributed by atoms with E-state index in [2.05, 4.69) is 15.5 Å². The number of fused-ring (bicyclic) bond motifs is 1. The number of thioether (sulfide) groups is 1. The third-order valence-electron chi connectivity index (χ3n) is 4.44. The largest absolute Gasteiger partial charge is 0.497 e. The molecule has 152 valence electrons. The normalized spacial score (nSPS) is 10.7. The van der Waals surface area contributed by atoms with Gasteiger partial charge in [-0.15, -0.1) is 10.2 Å². The van der Waals surface area contributed by atoms with Gasteiger partial charge in [0.1, 0.15) is 11.5 Å². The van der Waals surface area contributed by atoms with E-state index in [-0.39, 0.29) is 11.7 Å². The van der Waals surface area contributed by atoms with E-state index in [9.17, 15) is 4.79 Å². The molecule has 0 fully saturated rings. The predicted molar refractivity (Wildman–Crippen MR) is 116 cm³/mol. The van der Waals surface area contributed by atoms with Crippen molar-refractivity contribution in [1.82, 2.24) is 10.2 Å². The molecule has 8 heteroatoms. The molecule has 0 saturated heterocycles. The first-order valence-corrected chi connectivity index (χ1v) is 10.1. The Morgan fingerprint density at radius 2 is 1.87 bits per heavy atom. The molecule has 3 aromatic carbocycles. The van der Waals surface area contributed by atoms with Crippen LogP contribution in [0.3, 0.4) is 0 Å². The molecule has 0 unspecified atom stereocenters. The molecular formula is C22H19N3O4S. The number of rotatable bonds is 7. The summed E-state index contributed by atoms with van der Waals surface area (Å²) in [7, 11) is 3.14. The minimum Gasteiger partial charge on any atom is -0.497 e. The molecule has 30 heavy (non-hydrogen) atoms. The molecule has 4 aromatic rings. The van der Waals surface area contributed by atoms with Gasteiger partial charge in [0, 0.05) is 17.1 Å². The molecule has 0 aliphatic carbocycles. The number of ether oxygens (including phenoxy) is 2. The molecule has 1 N–H and O–H groups in total. The Morgan fingerprint density at radius 1 is 1.03 bits per heavy atom. The Labute approximate surface area is 177 Å². The lowest BCUT2D eigenvalue weighted by molar-refractivity contribution is -0.113. The molecule has 1 amide bonds. The van der Waals surface area contributed by atoms with Gasteiger partial charge in [0.15, 0.2) is 0 Å². The number of nitrogens with one attached hydrogen (secondary N) is 1. The third-order valence-corrected chi connectivity index (χ3v) is 5.25. The molecule has 0 bridgehead atoms. The molecule has 0 aliphatic heterocycles. The lowest BCUT2D eigenvalue weighted by Gasteiger charge is -2.08. The van der Waals surface area contributed by atoms with E-state index in [4.69, 9.17) is 13.9 Å². The average Bonchev–Trinajstić information content (AvgIpc) is 3.26. The highest BCUT2D eigenvalue weighted by Gasteiger charge is 2.16. The van der Waals surface area contributed by atoms with Crippen molar-refractivity contribution in [3.8, 4) is 23.0 Å². The van der Waals surface area contributed by atoms with Gasteiger partial charge in [0.2, 0.25) is 5.91 Å². The Hall–Kier alpha value is -3.52. The monoisotopic (exact) mass is 421 g/mol. The number of carbonyl (C=O) groups is 1. The van der Waals surface area contributed by atoms with Gasteiger partial charge in [0.05, 0.1) is 25.5 Å². The fourth-order valence-electron chi connectivity index (χ4n) is 3.00. The number of aromatic nitrogens is 2. The lowest BCUT2D eigenvalue weighted by atomic mass is 10.1. The van der Waals surface area contributed by atoms with Crippen LogP contribution in [0.2, 0.25) is 0 Å². The highest BCUT2D eigenvalue weighted by molar-refractivity contribution is 7.99. The summed E-state index contributed by atoms with van der Waals surface area (Å²) in [6, 6.07) is 19.0. The molecule has 0 saturated carbocycles. The second kappa shape index (κ2) is 8.87. The predicted octanol–water partition coefficient (Wildman–Crippen LogP) is 4.64. The van der Waals surface area contributed by atoms with Crippen molar-refractivity contribution in [2.24, 2.45) is 0 Å². The lowest BCUT2D eigenvalue weighted by Crippen LogP contribution is -2.14. The summed E-state index contributed by atoms with van der Waals surface area (Å²) in [6.45, 7) is 0. The summed E-state index contributed by atoms with van der Waals surface area (Å²) >= 11 is 1.17. The Balaban J connectivity index is 1.43. The van der Waals surface area contributed by atoms with Crippen molar-refractivity contribution in [2.45, 2.75) is 5.22 Å². The van der Waals surface area contributed by atoms with Gasteiger partial charge in [-0.05, 0) is 23.6 Å². The minimum atomic E-state index is -0.155. The molecule has 0 radical (unpaired) electrons. The molecule has 1 aromatic heterocycles. The summed E-state index contributed by atoms with van der Waals surface area (Å²) in [5, 5.41) is 13.4. The number of benzene rings is 3. The summed E-state index contributed by atoms with van der Waals surface area (Å²) < 4.78 is 16.3. The second-order valence-corrected chi connectivity index (χ2v) is 7.23. The van der Waals surface area contributed by atoms with Crippen molar-refractivity contribution in [1.29, 1.82) is 0 Å². The Morgan fingerprint density at radius 3 is 2.70 bits per heavy atom. The summed E-state index contributed by atoms with van der Waals surface area (Å²) in [4.78, 5) is 12.4. The minimum absolute atomic E-state index is 0.143. The number of hydrogen-bond donors (Lipinski definition) is 1. The molecule has 1 heterocycles. The van der Waals surface area contributed by atoms with Gasteiger partial charge in [0.25, 0.3) is 11.1 Å². The van der Waals surface area contributed by atoms with Gasteiger partial charge in [-0.3, -0.25) is 4.79 Å². The fourth-order valence-corrected chi connectivity index (χ4v) is 3.56. The Bertz CT molecular complexity index is 1190. The van der Waals surface area contributed by atoms with E-state index in [0.717, 1.165) is 16.5 Å². The maximum absolute atomic E-state index is 12.4. The first kappa shape index (κ1) is 19.8. The van der Waals surface area contributed by atoms with Crippen LogP contribution in [-0.2, 0) is 4.79 Å². The van der Waals surface area contributed by atoms with Gasteiger partial charge >= 0.3 is 0 Å². The number of anilines is 1. The van der Waals surface area contributed by atoms with Crippen LogP contribution in [-0.4, -0.2) is 36.1 Å². The van der Waals surface area contributed by atoms with E-state index < -0.39 is 0 Å². The summed E-state index contributed by atoms with van der Waals surface area (Å²) in [5.41, 5.74) is 1.42. The van der Waals surface area contributed by atoms with Crippen LogP contribution in [0.5, 0.6) is 11.5 Å². The van der Waals surface area contributed by atoms with Crippen LogP contribution < -0.4 is 14.8 Å². The molecule has 0 atom stereocenters. The van der Waals surface area contributed by atoms with Crippen LogP contribution in [0, 0.1) is 0 Å². The highest BCUT2D eigenvalue weighted by atomic mass is 32.2. The average molecular weight is 421 g/mol. The highest BCUT2D eigenvalue weighted by Crippen LogP contribution is 2.33. The quantitative estimate of drug-likeness (QED) is 0.435. The topological polar surface area (TPSA) is 86.5 Å². The zero-order valence-electron chi connectivity index (χ0n) is 16.4. The number of nitrogens with zero attached hydrogens (tertiary/aromatic N) is 2. The van der Waals surface area contributed by atoms with E-state index in [1.807, 2.05) is 42.5 Å². The zero-order chi connectivity index (χ0) is 20.9. The molecular weight excluding hydrogens is 402 g/mol. The van der Waals surface area contributed by atoms with Crippen molar-refractivity contribution in [2.75, 3.05) is 25.3 Å². The molecule has 7 nitrogen and oxygen atoms in total. The smallest absolute Gasteiger partial charge is 0.277 e. The van der Waals surface area contributed by atoms with Crippen LogP contribution in [0.1, 0.15) is 0 Å². The molecule has 4 rings (SSSR count). The van der Waals surface area contributed by atoms with E-state index in [0.29, 0.717) is 28.2 Å². The first-order chi connectivity index (χ1) is 14.7. The standard InChI is InChI=1S/C22H19N3O4S/c1-27-15-10-11-17(19(12-15)28-2)21-24-25-22(29-21)30-13-20(26)23-18-9-5-7-14-6-3-4-8-16(14)18/h3-12H,13H2,1-2H3,(H,23,26). The maximum Gasteiger partial charge on any atom is 0.277 e. The number of hydrogen-bond acceptors (Lipinski definition) is 7. The van der Waals surface area contributed by atoms with E-state index in [1.165, 1.54) is 11.8 Å². The molecule has 0 spiro atoms. The summed E-state index contributed by atoms with van der Waals surface area (Å²) in [6.07, 6.45) is 0. The zero-order valence-corrected chi connectivity index (χ0v) is 17.2. The van der Waals surface area contributed by atoms with E-state index >= 15 is 0 Å². The number of amides is 1. The van der Waals surface area contributed by atoms with Gasteiger partial charge in [-0.2, -0.15) is 0 Å². The number of methoxy groups -OCH3 is 2. The molecule has 0 aliphatic rings. The van der Waals surface area contributed by atoms with E-state index in [1.54, 1.807) is 32.4 Å². The van der Waals surface area contributed by atoms with Gasteiger partial charge in [-0.1, -0.05) is 48.2 Å². The Kier molecular flexibility index (Phi) is 5.85. The van der Waals surface area contributed by atoms with Crippen LogP contribution >= 0.6 is 11.8 Å². The number of carbonyl (C=O) groups excluding carboxylic acids is 1. The fraction of sp³-hybridized carbons (Fsp3) is 0.136. The SMILES string of the molecule is COc1ccc(-c2nnc(SCC(=O)Nc3cccc4ccccc34)o2)c(OC)c1. The van der Waals surface area contributed by atoms with Crippen molar-refractivity contribution >= 4 is 34.1 Å². The third kappa shape index (κ3) is 4.23. The second-order valence-electron chi connectivity index (χ2n) is 6.30. The van der Waals surface area contributed by atoms with Crippen molar-refractivity contribution < 1.29 is 18.7 Å².